The Bertz CT molecular complexity index is 349. The highest BCUT2D eigenvalue weighted by Crippen LogP contribution is 2.04. The van der Waals surface area contributed by atoms with Crippen LogP contribution in [-0.4, -0.2) is 19.2 Å². The third kappa shape index (κ3) is 3.84. The lowest BCUT2D eigenvalue weighted by atomic mass is 10.1. The van der Waals surface area contributed by atoms with E-state index in [0.717, 1.165) is 0 Å². The van der Waals surface area contributed by atoms with E-state index in [2.05, 4.69) is 12.1 Å². The SMILES string of the molecule is C=C(NOCOCC)C(=O)c1ccccc1. The fourth-order valence-corrected chi connectivity index (χ4v) is 1.05. The van der Waals surface area contributed by atoms with E-state index in [1.807, 2.05) is 13.0 Å². The van der Waals surface area contributed by atoms with Gasteiger partial charge in [0.25, 0.3) is 0 Å². The number of benzene rings is 1. The number of rotatable bonds is 7. The number of ether oxygens (including phenoxy) is 1. The smallest absolute Gasteiger partial charge is 0.210 e. The van der Waals surface area contributed by atoms with Gasteiger partial charge in [0, 0.05) is 12.2 Å². The van der Waals surface area contributed by atoms with Crippen LogP contribution in [0.25, 0.3) is 0 Å². The summed E-state index contributed by atoms with van der Waals surface area (Å²) >= 11 is 0. The Morgan fingerprint density at radius 3 is 2.69 bits per heavy atom. The summed E-state index contributed by atoms with van der Waals surface area (Å²) in [5.74, 6) is -0.197. The number of nitrogens with one attached hydrogen (secondary N) is 1. The Morgan fingerprint density at radius 2 is 2.06 bits per heavy atom. The van der Waals surface area contributed by atoms with Gasteiger partial charge in [0.2, 0.25) is 5.78 Å². The molecule has 0 spiro atoms. The van der Waals surface area contributed by atoms with Crippen molar-refractivity contribution in [1.82, 2.24) is 5.48 Å². The van der Waals surface area contributed by atoms with Gasteiger partial charge in [-0.1, -0.05) is 36.9 Å². The van der Waals surface area contributed by atoms with Crippen LogP contribution in [0.4, 0.5) is 0 Å². The molecule has 0 unspecified atom stereocenters. The second kappa shape index (κ2) is 6.76. The second-order valence-corrected chi connectivity index (χ2v) is 3.03. The second-order valence-electron chi connectivity index (χ2n) is 3.03. The first-order chi connectivity index (χ1) is 7.75. The number of Topliss-reactive ketones (excluding diaryl/α,β-unsaturated/α-hetero) is 1. The van der Waals surface area contributed by atoms with Crippen LogP contribution in [0.1, 0.15) is 17.3 Å². The predicted molar refractivity (Wildman–Crippen MR) is 60.6 cm³/mol. The summed E-state index contributed by atoms with van der Waals surface area (Å²) in [6.45, 7) is 6.08. The zero-order chi connectivity index (χ0) is 11.8. The molecule has 0 aliphatic carbocycles. The van der Waals surface area contributed by atoms with Crippen LogP contribution in [0.15, 0.2) is 42.6 Å². The summed E-state index contributed by atoms with van der Waals surface area (Å²) in [6, 6.07) is 8.87. The van der Waals surface area contributed by atoms with Crippen LogP contribution in [0, 0.1) is 0 Å². The molecule has 1 N–H and O–H groups in total. The third-order valence-corrected chi connectivity index (χ3v) is 1.85. The van der Waals surface area contributed by atoms with Crippen molar-refractivity contribution in [3.8, 4) is 0 Å². The fourth-order valence-electron chi connectivity index (χ4n) is 1.05. The number of hydrogen-bond acceptors (Lipinski definition) is 4. The Kier molecular flexibility index (Phi) is 5.25. The van der Waals surface area contributed by atoms with Crippen LogP contribution in [0.5, 0.6) is 0 Å². The largest absolute Gasteiger partial charge is 0.353 e. The molecule has 4 heteroatoms. The van der Waals surface area contributed by atoms with Crippen LogP contribution >= 0.6 is 0 Å². The molecule has 0 radical (unpaired) electrons. The minimum Gasteiger partial charge on any atom is -0.353 e. The van der Waals surface area contributed by atoms with E-state index in [-0.39, 0.29) is 18.3 Å². The zero-order valence-corrected chi connectivity index (χ0v) is 9.23. The topological polar surface area (TPSA) is 47.6 Å². The number of hydrogen-bond donors (Lipinski definition) is 1. The third-order valence-electron chi connectivity index (χ3n) is 1.85. The zero-order valence-electron chi connectivity index (χ0n) is 9.23. The molecule has 4 nitrogen and oxygen atoms in total. The first kappa shape index (κ1) is 12.4. The van der Waals surface area contributed by atoms with Crippen LogP contribution in [0.3, 0.4) is 0 Å². The van der Waals surface area contributed by atoms with Crippen molar-refractivity contribution in [1.29, 1.82) is 0 Å². The van der Waals surface area contributed by atoms with Crippen LogP contribution < -0.4 is 5.48 Å². The highest BCUT2D eigenvalue weighted by Gasteiger charge is 2.08. The van der Waals surface area contributed by atoms with Crippen LogP contribution in [0.2, 0.25) is 0 Å². The Morgan fingerprint density at radius 1 is 1.38 bits per heavy atom. The highest BCUT2D eigenvalue weighted by atomic mass is 16.8. The van der Waals surface area contributed by atoms with Crippen molar-refractivity contribution in [2.45, 2.75) is 6.92 Å². The number of carbonyl (C=O) groups is 1. The van der Waals surface area contributed by atoms with Crippen molar-refractivity contribution < 1.29 is 14.4 Å². The molecule has 0 saturated heterocycles. The van der Waals surface area contributed by atoms with Gasteiger partial charge in [-0.2, -0.15) is 0 Å². The summed E-state index contributed by atoms with van der Waals surface area (Å²) in [5, 5.41) is 0. The quantitative estimate of drug-likeness (QED) is 0.251. The van der Waals surface area contributed by atoms with Gasteiger partial charge in [-0.3, -0.25) is 10.3 Å². The first-order valence-corrected chi connectivity index (χ1v) is 5.00. The lowest BCUT2D eigenvalue weighted by Crippen LogP contribution is -2.21. The summed E-state index contributed by atoms with van der Waals surface area (Å²) in [5.41, 5.74) is 3.20. The van der Waals surface area contributed by atoms with Gasteiger partial charge in [0.05, 0.1) is 0 Å². The molecule has 0 aromatic heterocycles. The van der Waals surface area contributed by atoms with E-state index in [4.69, 9.17) is 9.57 Å². The van der Waals surface area contributed by atoms with E-state index in [1.165, 1.54) is 0 Å². The minimum absolute atomic E-state index is 0.0809. The standard InChI is InChI=1S/C12H15NO3/c1-3-15-9-16-13-10(2)12(14)11-7-5-4-6-8-11/h4-8,13H,2-3,9H2,1H3. The molecule has 1 aromatic rings. The fraction of sp³-hybridized carbons (Fsp3) is 0.250. The first-order valence-electron chi connectivity index (χ1n) is 5.00. The van der Waals surface area contributed by atoms with Crippen LogP contribution in [-0.2, 0) is 9.57 Å². The van der Waals surface area contributed by atoms with Crippen molar-refractivity contribution in [2.75, 3.05) is 13.4 Å². The normalized spacial score (nSPS) is 9.81. The van der Waals surface area contributed by atoms with E-state index in [9.17, 15) is 4.79 Å². The van der Waals surface area contributed by atoms with Gasteiger partial charge in [0.15, 0.2) is 6.79 Å². The molecule has 0 saturated carbocycles. The van der Waals surface area contributed by atoms with Gasteiger partial charge in [-0.05, 0) is 6.92 Å². The predicted octanol–water partition coefficient (Wildman–Crippen LogP) is 1.90. The summed E-state index contributed by atoms with van der Waals surface area (Å²) in [6.07, 6.45) is 0. The lowest BCUT2D eigenvalue weighted by Gasteiger charge is -2.08. The number of carbonyl (C=O) groups excluding carboxylic acids is 1. The Labute approximate surface area is 94.8 Å². The maximum Gasteiger partial charge on any atom is 0.210 e. The van der Waals surface area contributed by atoms with Crippen molar-refractivity contribution in [3.05, 3.63) is 48.2 Å². The van der Waals surface area contributed by atoms with E-state index < -0.39 is 0 Å². The molecule has 1 aromatic carbocycles. The van der Waals surface area contributed by atoms with E-state index in [1.54, 1.807) is 24.3 Å². The molecule has 0 amide bonds. The summed E-state index contributed by atoms with van der Waals surface area (Å²) in [7, 11) is 0. The van der Waals surface area contributed by atoms with Gasteiger partial charge >= 0.3 is 0 Å². The maximum absolute atomic E-state index is 11.7. The lowest BCUT2D eigenvalue weighted by molar-refractivity contribution is -0.0845. The highest BCUT2D eigenvalue weighted by molar-refractivity contribution is 6.07. The summed E-state index contributed by atoms with van der Waals surface area (Å²) < 4.78 is 4.93. The van der Waals surface area contributed by atoms with Gasteiger partial charge in [-0.15, -0.1) is 0 Å². The maximum atomic E-state index is 11.7. The average molecular weight is 221 g/mol. The Balaban J connectivity index is 2.40. The molecule has 0 aliphatic heterocycles. The van der Waals surface area contributed by atoms with Crippen molar-refractivity contribution in [3.63, 3.8) is 0 Å². The molecule has 0 atom stereocenters. The molecule has 1 rings (SSSR count). The van der Waals surface area contributed by atoms with Gasteiger partial charge in [-0.25, -0.2) is 4.84 Å². The number of hydroxylamine groups is 1. The van der Waals surface area contributed by atoms with Crippen molar-refractivity contribution >= 4 is 5.78 Å². The monoisotopic (exact) mass is 221 g/mol. The van der Waals surface area contributed by atoms with E-state index >= 15 is 0 Å². The molecule has 0 heterocycles. The summed E-state index contributed by atoms with van der Waals surface area (Å²) in [4.78, 5) is 16.6. The minimum atomic E-state index is -0.197. The molecule has 0 fully saturated rings. The molecule has 0 bridgehead atoms. The molecule has 16 heavy (non-hydrogen) atoms. The van der Waals surface area contributed by atoms with Gasteiger partial charge < -0.3 is 4.74 Å². The molecule has 0 aliphatic rings. The molecular formula is C12H15NO3. The molecule has 86 valence electrons. The number of ketones is 1. The van der Waals surface area contributed by atoms with Crippen molar-refractivity contribution in [2.24, 2.45) is 0 Å². The Hall–Kier alpha value is -1.65. The van der Waals surface area contributed by atoms with E-state index in [0.29, 0.717) is 12.2 Å². The number of allylic oxidation sites excluding steroid dienone is 1. The van der Waals surface area contributed by atoms with Gasteiger partial charge in [0.1, 0.15) is 5.70 Å². The molecular weight excluding hydrogens is 206 g/mol. The average Bonchev–Trinajstić information content (AvgIpc) is 2.34.